The van der Waals surface area contributed by atoms with Gasteiger partial charge in [-0.05, 0) is 91.7 Å². The monoisotopic (exact) mass is 434 g/mol. The molecule has 32 heavy (non-hydrogen) atoms. The van der Waals surface area contributed by atoms with Crippen molar-refractivity contribution in [3.63, 3.8) is 0 Å². The van der Waals surface area contributed by atoms with Crippen LogP contribution in [0.3, 0.4) is 0 Å². The molecule has 2 fully saturated rings. The van der Waals surface area contributed by atoms with Crippen molar-refractivity contribution in [2.75, 3.05) is 6.61 Å². The highest BCUT2D eigenvalue weighted by Crippen LogP contribution is 2.61. The number of ether oxygens (including phenoxy) is 2. The number of carbonyl (C=O) groups is 2. The zero-order chi connectivity index (χ0) is 22.3. The standard InChI is InChI=1S/C27H30O5/c1-27-14-13-21-20-10-8-19(28)15-18(20)7-9-22(21)23(27)11-12-24(27)32-25(29)16-31-26(30)17-5-3-2-4-6-17/h2-6,8,10,15,21-24,28H,7,9,11-14,16H2,1H3/t21-,22-,23+,24+,27+/m1/s1. The third kappa shape index (κ3) is 3.68. The Morgan fingerprint density at radius 2 is 1.88 bits per heavy atom. The van der Waals surface area contributed by atoms with E-state index in [1.54, 1.807) is 24.3 Å². The van der Waals surface area contributed by atoms with Gasteiger partial charge < -0.3 is 14.6 Å². The molecule has 0 aliphatic heterocycles. The molecule has 0 aromatic heterocycles. The Hall–Kier alpha value is -2.82. The molecule has 3 aliphatic rings. The minimum Gasteiger partial charge on any atom is -0.508 e. The van der Waals surface area contributed by atoms with E-state index in [0.717, 1.165) is 38.5 Å². The van der Waals surface area contributed by atoms with Gasteiger partial charge in [-0.25, -0.2) is 9.59 Å². The summed E-state index contributed by atoms with van der Waals surface area (Å²) in [6.45, 7) is 1.93. The average molecular weight is 435 g/mol. The molecule has 0 spiro atoms. The van der Waals surface area contributed by atoms with Gasteiger partial charge in [0, 0.05) is 5.41 Å². The summed E-state index contributed by atoms with van der Waals surface area (Å²) in [7, 11) is 0. The summed E-state index contributed by atoms with van der Waals surface area (Å²) >= 11 is 0. The van der Waals surface area contributed by atoms with Gasteiger partial charge in [-0.1, -0.05) is 31.2 Å². The molecular formula is C27H30O5. The minimum atomic E-state index is -0.509. The lowest BCUT2D eigenvalue weighted by atomic mass is 9.55. The van der Waals surface area contributed by atoms with Crippen LogP contribution >= 0.6 is 0 Å². The molecule has 0 saturated heterocycles. The van der Waals surface area contributed by atoms with Gasteiger partial charge in [0.25, 0.3) is 0 Å². The largest absolute Gasteiger partial charge is 0.508 e. The van der Waals surface area contributed by atoms with Crippen LogP contribution in [0, 0.1) is 17.3 Å². The first-order valence-electron chi connectivity index (χ1n) is 11.7. The van der Waals surface area contributed by atoms with E-state index < -0.39 is 11.9 Å². The van der Waals surface area contributed by atoms with Crippen LogP contribution in [0.1, 0.15) is 66.4 Å². The number of fused-ring (bicyclic) bond motifs is 5. The molecule has 5 atom stereocenters. The molecule has 2 saturated carbocycles. The van der Waals surface area contributed by atoms with E-state index in [0.29, 0.717) is 29.1 Å². The molecule has 2 aromatic carbocycles. The molecule has 3 aliphatic carbocycles. The number of phenolic OH excluding ortho intramolecular Hbond substituents is 1. The summed E-state index contributed by atoms with van der Waals surface area (Å²) in [5.74, 6) is 1.01. The Balaban J connectivity index is 1.23. The maximum absolute atomic E-state index is 12.5. The van der Waals surface area contributed by atoms with Gasteiger partial charge in [-0.2, -0.15) is 0 Å². The van der Waals surface area contributed by atoms with E-state index in [4.69, 9.17) is 9.47 Å². The first-order valence-corrected chi connectivity index (χ1v) is 11.7. The van der Waals surface area contributed by atoms with Gasteiger partial charge in [0.2, 0.25) is 0 Å². The van der Waals surface area contributed by atoms with Crippen LogP contribution in [0.25, 0.3) is 0 Å². The fourth-order valence-electron chi connectivity index (χ4n) is 6.69. The number of aromatic hydroxyl groups is 1. The molecule has 2 aromatic rings. The van der Waals surface area contributed by atoms with Gasteiger partial charge in [-0.15, -0.1) is 0 Å². The molecule has 0 unspecified atom stereocenters. The number of phenols is 1. The van der Waals surface area contributed by atoms with Crippen LogP contribution in [0.15, 0.2) is 48.5 Å². The normalized spacial score (nSPS) is 30.5. The number of hydrogen-bond acceptors (Lipinski definition) is 5. The second kappa shape index (κ2) is 8.27. The summed E-state index contributed by atoms with van der Waals surface area (Å²) < 4.78 is 11.1. The Kier molecular flexibility index (Phi) is 5.44. The quantitative estimate of drug-likeness (QED) is 0.685. The molecule has 5 heteroatoms. The van der Waals surface area contributed by atoms with Crippen molar-refractivity contribution >= 4 is 11.9 Å². The van der Waals surface area contributed by atoms with Crippen molar-refractivity contribution in [2.24, 2.45) is 17.3 Å². The Morgan fingerprint density at radius 3 is 2.69 bits per heavy atom. The first kappa shape index (κ1) is 21.0. The zero-order valence-corrected chi connectivity index (χ0v) is 18.5. The second-order valence-electron chi connectivity index (χ2n) is 9.84. The highest BCUT2D eigenvalue weighted by Gasteiger charge is 2.56. The highest BCUT2D eigenvalue weighted by molar-refractivity contribution is 5.90. The summed E-state index contributed by atoms with van der Waals surface area (Å²) in [6.07, 6.45) is 6.01. The van der Waals surface area contributed by atoms with E-state index in [-0.39, 0.29) is 18.1 Å². The van der Waals surface area contributed by atoms with Crippen LogP contribution in [0.4, 0.5) is 0 Å². The van der Waals surface area contributed by atoms with Crippen molar-refractivity contribution in [1.82, 2.24) is 0 Å². The second-order valence-corrected chi connectivity index (χ2v) is 9.84. The number of aryl methyl sites for hydroxylation is 1. The Morgan fingerprint density at radius 1 is 1.06 bits per heavy atom. The summed E-state index contributed by atoms with van der Waals surface area (Å²) in [5, 5.41) is 9.86. The van der Waals surface area contributed by atoms with Gasteiger partial charge in [0.15, 0.2) is 6.61 Å². The molecule has 5 nitrogen and oxygen atoms in total. The van der Waals surface area contributed by atoms with Gasteiger partial charge in [0.05, 0.1) is 5.56 Å². The fraction of sp³-hybridized carbons (Fsp3) is 0.481. The molecule has 0 heterocycles. The van der Waals surface area contributed by atoms with Crippen molar-refractivity contribution in [3.8, 4) is 5.75 Å². The summed E-state index contributed by atoms with van der Waals surface area (Å²) in [4.78, 5) is 24.6. The van der Waals surface area contributed by atoms with Crippen LogP contribution < -0.4 is 0 Å². The van der Waals surface area contributed by atoms with Crippen LogP contribution in [-0.4, -0.2) is 29.8 Å². The molecule has 0 radical (unpaired) electrons. The highest BCUT2D eigenvalue weighted by atomic mass is 16.6. The van der Waals surface area contributed by atoms with Crippen LogP contribution in [0.5, 0.6) is 5.75 Å². The summed E-state index contributed by atoms with van der Waals surface area (Å²) in [6, 6.07) is 14.5. The third-order valence-electron chi connectivity index (χ3n) is 8.23. The predicted octanol–water partition coefficient (Wildman–Crippen LogP) is 5.02. The van der Waals surface area contributed by atoms with Crippen molar-refractivity contribution in [3.05, 3.63) is 65.2 Å². The van der Waals surface area contributed by atoms with Crippen molar-refractivity contribution < 1.29 is 24.2 Å². The lowest BCUT2D eigenvalue weighted by Gasteiger charge is -2.50. The fourth-order valence-corrected chi connectivity index (χ4v) is 6.69. The topological polar surface area (TPSA) is 72.8 Å². The van der Waals surface area contributed by atoms with E-state index in [9.17, 15) is 14.7 Å². The van der Waals surface area contributed by atoms with Crippen LogP contribution in [0.2, 0.25) is 0 Å². The number of carbonyl (C=O) groups excluding carboxylic acids is 2. The number of esters is 2. The number of rotatable bonds is 4. The lowest BCUT2D eigenvalue weighted by Crippen LogP contribution is -2.45. The third-order valence-corrected chi connectivity index (χ3v) is 8.23. The molecule has 168 valence electrons. The first-order chi connectivity index (χ1) is 15.5. The SMILES string of the molecule is C[C@]12CC[C@@H]3c4ccc(O)cc4CC[C@H]3[C@@H]1CC[C@@H]2OC(=O)COC(=O)c1ccccc1. The van der Waals surface area contributed by atoms with E-state index in [1.165, 1.54) is 11.1 Å². The van der Waals surface area contributed by atoms with Crippen molar-refractivity contribution in [2.45, 2.75) is 57.5 Å². The minimum absolute atomic E-state index is 0.0330. The Labute approximate surface area is 188 Å². The Bertz CT molecular complexity index is 1020. The maximum atomic E-state index is 12.5. The van der Waals surface area contributed by atoms with Gasteiger partial charge >= 0.3 is 11.9 Å². The smallest absolute Gasteiger partial charge is 0.344 e. The van der Waals surface area contributed by atoms with Gasteiger partial charge in [0.1, 0.15) is 11.9 Å². The zero-order valence-electron chi connectivity index (χ0n) is 18.5. The molecular weight excluding hydrogens is 404 g/mol. The average Bonchev–Trinajstić information content (AvgIpc) is 3.13. The predicted molar refractivity (Wildman–Crippen MR) is 119 cm³/mol. The van der Waals surface area contributed by atoms with E-state index >= 15 is 0 Å². The maximum Gasteiger partial charge on any atom is 0.344 e. The number of benzene rings is 2. The lowest BCUT2D eigenvalue weighted by molar-refractivity contribution is -0.161. The molecule has 0 bridgehead atoms. The summed E-state index contributed by atoms with van der Waals surface area (Å²) in [5.41, 5.74) is 3.08. The van der Waals surface area contributed by atoms with Crippen LogP contribution in [-0.2, 0) is 20.7 Å². The van der Waals surface area contributed by atoms with E-state index in [2.05, 4.69) is 13.0 Å². The number of hydrogen-bond donors (Lipinski definition) is 1. The van der Waals surface area contributed by atoms with E-state index in [1.807, 2.05) is 18.2 Å². The van der Waals surface area contributed by atoms with Crippen molar-refractivity contribution in [1.29, 1.82) is 0 Å². The molecule has 5 rings (SSSR count). The molecule has 0 amide bonds. The molecule has 1 N–H and O–H groups in total. The van der Waals surface area contributed by atoms with Gasteiger partial charge in [-0.3, -0.25) is 0 Å².